The van der Waals surface area contributed by atoms with Crippen molar-refractivity contribution in [1.82, 2.24) is 19.0 Å². The summed E-state index contributed by atoms with van der Waals surface area (Å²) in [5, 5.41) is 3.80. The Kier molecular flexibility index (Phi) is 5.53. The fourth-order valence-electron chi connectivity index (χ4n) is 3.40. The van der Waals surface area contributed by atoms with E-state index in [-0.39, 0.29) is 46.2 Å². The van der Waals surface area contributed by atoms with Crippen LogP contribution >= 0.6 is 22.9 Å². The lowest BCUT2D eigenvalue weighted by Crippen LogP contribution is -2.50. The minimum atomic E-state index is -4.62. The second-order valence-corrected chi connectivity index (χ2v) is 10.4. The first-order valence-electron chi connectivity index (χ1n) is 9.07. The number of benzene rings is 1. The van der Waals surface area contributed by atoms with Gasteiger partial charge in [0.2, 0.25) is 10.0 Å². The van der Waals surface area contributed by atoms with Gasteiger partial charge in [-0.05, 0) is 30.3 Å². The molecule has 1 aliphatic heterocycles. The number of sulfonamides is 1. The average molecular weight is 493 g/mol. The Balaban J connectivity index is 1.50. The molecule has 0 atom stereocenters. The van der Waals surface area contributed by atoms with E-state index in [9.17, 15) is 26.4 Å². The highest BCUT2D eigenvalue weighted by Crippen LogP contribution is 2.37. The van der Waals surface area contributed by atoms with E-state index in [0.29, 0.717) is 5.02 Å². The Morgan fingerprint density at radius 3 is 2.32 bits per heavy atom. The number of hydrogen-bond donors (Lipinski definition) is 0. The van der Waals surface area contributed by atoms with E-state index < -0.39 is 27.8 Å². The van der Waals surface area contributed by atoms with Crippen molar-refractivity contribution in [2.45, 2.75) is 11.1 Å². The Labute approximate surface area is 184 Å². The fraction of sp³-hybridized carbons (Fsp3) is 0.333. The Morgan fingerprint density at radius 2 is 1.74 bits per heavy atom. The van der Waals surface area contributed by atoms with Gasteiger partial charge in [0.25, 0.3) is 5.91 Å². The molecule has 1 aliphatic rings. The number of alkyl halides is 3. The van der Waals surface area contributed by atoms with E-state index >= 15 is 0 Å². The lowest BCUT2D eigenvalue weighted by Gasteiger charge is -2.33. The van der Waals surface area contributed by atoms with Gasteiger partial charge in [0.1, 0.15) is 4.83 Å². The van der Waals surface area contributed by atoms with Crippen molar-refractivity contribution in [2.75, 3.05) is 26.2 Å². The molecule has 13 heteroatoms. The van der Waals surface area contributed by atoms with E-state index in [2.05, 4.69) is 5.10 Å². The van der Waals surface area contributed by atoms with Crippen molar-refractivity contribution in [2.24, 2.45) is 7.05 Å². The Morgan fingerprint density at radius 1 is 1.13 bits per heavy atom. The minimum absolute atomic E-state index is 0.0803. The SMILES string of the molecule is Cn1nc(C(F)(F)F)c2cc(C(=O)N3CCN(S(=O)(=O)c4ccc(Cl)cc4)CC3)sc21. The molecular formula is C18H16ClF3N4O3S2. The summed E-state index contributed by atoms with van der Waals surface area (Å²) in [5.74, 6) is -0.433. The lowest BCUT2D eigenvalue weighted by atomic mass is 10.2. The van der Waals surface area contributed by atoms with Crippen LogP contribution in [-0.4, -0.2) is 59.5 Å². The molecule has 1 fully saturated rings. The number of halogens is 4. The summed E-state index contributed by atoms with van der Waals surface area (Å²) in [6, 6.07) is 7.01. The first-order chi connectivity index (χ1) is 14.5. The molecule has 1 saturated heterocycles. The minimum Gasteiger partial charge on any atom is -0.335 e. The predicted octanol–water partition coefficient (Wildman–Crippen LogP) is 3.45. The first-order valence-corrected chi connectivity index (χ1v) is 11.7. The van der Waals surface area contributed by atoms with E-state index in [4.69, 9.17) is 11.6 Å². The maximum absolute atomic E-state index is 13.2. The van der Waals surface area contributed by atoms with Gasteiger partial charge in [0.05, 0.1) is 9.77 Å². The number of nitrogens with zero attached hydrogens (tertiary/aromatic N) is 4. The van der Waals surface area contributed by atoms with Gasteiger partial charge in [-0.25, -0.2) is 8.42 Å². The van der Waals surface area contributed by atoms with Gasteiger partial charge < -0.3 is 4.90 Å². The third-order valence-electron chi connectivity index (χ3n) is 4.97. The molecule has 0 saturated carbocycles. The smallest absolute Gasteiger partial charge is 0.335 e. The Bertz CT molecular complexity index is 1240. The van der Waals surface area contributed by atoms with Crippen LogP contribution in [0.25, 0.3) is 10.2 Å². The van der Waals surface area contributed by atoms with Crippen molar-refractivity contribution < 1.29 is 26.4 Å². The number of amides is 1. The lowest BCUT2D eigenvalue weighted by molar-refractivity contribution is -0.140. The second-order valence-electron chi connectivity index (χ2n) is 6.95. The summed E-state index contributed by atoms with van der Waals surface area (Å²) in [7, 11) is -2.34. The molecule has 31 heavy (non-hydrogen) atoms. The molecule has 1 amide bonds. The number of fused-ring (bicyclic) bond motifs is 1. The maximum Gasteiger partial charge on any atom is 0.435 e. The molecule has 2 aromatic heterocycles. The molecule has 0 unspecified atom stereocenters. The van der Waals surface area contributed by atoms with Crippen LogP contribution in [0, 0.1) is 0 Å². The summed E-state index contributed by atoms with van der Waals surface area (Å²) in [5.41, 5.74) is -1.03. The van der Waals surface area contributed by atoms with Crippen LogP contribution in [0.4, 0.5) is 13.2 Å². The summed E-state index contributed by atoms with van der Waals surface area (Å²) in [4.78, 5) is 14.8. The fourth-order valence-corrected chi connectivity index (χ4v) is 5.99. The Hall–Kier alpha value is -2.15. The zero-order valence-corrected chi connectivity index (χ0v) is 18.4. The van der Waals surface area contributed by atoms with Gasteiger partial charge in [-0.1, -0.05) is 11.6 Å². The number of thiophene rings is 1. The number of carbonyl (C=O) groups excluding carboxylic acids is 1. The molecule has 166 valence electrons. The summed E-state index contributed by atoms with van der Waals surface area (Å²) >= 11 is 6.74. The van der Waals surface area contributed by atoms with Crippen LogP contribution in [0.15, 0.2) is 35.2 Å². The standard InChI is InChI=1S/C18H16ClF3N4O3S2/c1-24-17-13(15(23-24)18(20,21)22)10-14(30-17)16(27)25-6-8-26(9-7-25)31(28,29)12-4-2-11(19)3-5-12/h2-5,10H,6-9H2,1H3. The van der Waals surface area contributed by atoms with E-state index in [1.165, 1.54) is 46.6 Å². The molecular weight excluding hydrogens is 477 g/mol. The molecule has 4 rings (SSSR count). The van der Waals surface area contributed by atoms with Crippen molar-refractivity contribution in [3.63, 3.8) is 0 Å². The molecule has 0 spiro atoms. The third-order valence-corrected chi connectivity index (χ3v) is 8.32. The van der Waals surface area contributed by atoms with Crippen LogP contribution in [0.2, 0.25) is 5.02 Å². The quantitative estimate of drug-likeness (QED) is 0.561. The highest BCUT2D eigenvalue weighted by molar-refractivity contribution is 7.89. The van der Waals surface area contributed by atoms with Crippen molar-refractivity contribution in [3.8, 4) is 0 Å². The number of aromatic nitrogens is 2. The van der Waals surface area contributed by atoms with Gasteiger partial charge in [-0.15, -0.1) is 11.3 Å². The average Bonchev–Trinajstić information content (AvgIpc) is 3.28. The molecule has 3 aromatic rings. The molecule has 0 aliphatic carbocycles. The van der Waals surface area contributed by atoms with Gasteiger partial charge in [0.15, 0.2) is 5.69 Å². The van der Waals surface area contributed by atoms with Gasteiger partial charge >= 0.3 is 6.18 Å². The number of aryl methyl sites for hydroxylation is 1. The van der Waals surface area contributed by atoms with E-state index in [1.807, 2.05) is 0 Å². The molecule has 1 aromatic carbocycles. The highest BCUT2D eigenvalue weighted by atomic mass is 35.5. The molecule has 0 radical (unpaired) electrons. The number of carbonyl (C=O) groups is 1. The van der Waals surface area contributed by atoms with Crippen LogP contribution in [0.3, 0.4) is 0 Å². The number of rotatable bonds is 3. The molecule has 7 nitrogen and oxygen atoms in total. The van der Waals surface area contributed by atoms with Gasteiger partial charge in [-0.2, -0.15) is 22.6 Å². The predicted molar refractivity (Wildman–Crippen MR) is 110 cm³/mol. The van der Waals surface area contributed by atoms with Crippen molar-refractivity contribution >= 4 is 49.1 Å². The summed E-state index contributed by atoms with van der Waals surface area (Å²) < 4.78 is 67.4. The molecule has 3 heterocycles. The largest absolute Gasteiger partial charge is 0.435 e. The number of piperazine rings is 1. The summed E-state index contributed by atoms with van der Waals surface area (Å²) in [6.45, 7) is 0.419. The van der Waals surface area contributed by atoms with E-state index in [0.717, 1.165) is 16.0 Å². The van der Waals surface area contributed by atoms with Gasteiger partial charge in [0, 0.05) is 43.6 Å². The van der Waals surface area contributed by atoms with Crippen LogP contribution in [-0.2, 0) is 23.2 Å². The van der Waals surface area contributed by atoms with Crippen LogP contribution in [0.5, 0.6) is 0 Å². The normalized spacial score (nSPS) is 16.2. The second kappa shape index (κ2) is 7.76. The first kappa shape index (κ1) is 22.1. The van der Waals surface area contributed by atoms with Gasteiger partial charge in [-0.3, -0.25) is 9.48 Å². The zero-order chi connectivity index (χ0) is 22.6. The van der Waals surface area contributed by atoms with Crippen molar-refractivity contribution in [3.05, 3.63) is 45.9 Å². The van der Waals surface area contributed by atoms with Crippen molar-refractivity contribution in [1.29, 1.82) is 0 Å². The highest BCUT2D eigenvalue weighted by Gasteiger charge is 2.38. The van der Waals surface area contributed by atoms with Crippen LogP contribution in [0.1, 0.15) is 15.4 Å². The summed E-state index contributed by atoms with van der Waals surface area (Å²) in [6.07, 6.45) is -4.62. The topological polar surface area (TPSA) is 75.5 Å². The zero-order valence-electron chi connectivity index (χ0n) is 16.1. The maximum atomic E-state index is 13.2. The molecule has 0 N–H and O–H groups in total. The number of hydrogen-bond acceptors (Lipinski definition) is 5. The molecule has 0 bridgehead atoms. The van der Waals surface area contributed by atoms with E-state index in [1.54, 1.807) is 0 Å². The third kappa shape index (κ3) is 4.04. The monoisotopic (exact) mass is 492 g/mol. The van der Waals surface area contributed by atoms with Crippen LogP contribution < -0.4 is 0 Å².